The van der Waals surface area contributed by atoms with Crippen LogP contribution >= 0.6 is 0 Å². The van der Waals surface area contributed by atoms with Crippen LogP contribution in [0.15, 0.2) is 24.3 Å². The zero-order valence-corrected chi connectivity index (χ0v) is 9.70. The quantitative estimate of drug-likeness (QED) is 0.819. The Morgan fingerprint density at radius 3 is 2.13 bits per heavy atom. The zero-order chi connectivity index (χ0) is 11.1. The molecule has 2 heteroatoms. The Morgan fingerprint density at radius 2 is 1.73 bits per heavy atom. The summed E-state index contributed by atoms with van der Waals surface area (Å²) < 4.78 is 0. The molecule has 15 heavy (non-hydrogen) atoms. The molecule has 0 radical (unpaired) electrons. The number of anilines is 1. The maximum absolute atomic E-state index is 10.3. The molecule has 0 aromatic heterocycles. The summed E-state index contributed by atoms with van der Waals surface area (Å²) >= 11 is 0. The summed E-state index contributed by atoms with van der Waals surface area (Å²) in [6.07, 6.45) is 2.31. The van der Waals surface area contributed by atoms with Crippen molar-refractivity contribution in [2.75, 3.05) is 19.0 Å². The van der Waals surface area contributed by atoms with Gasteiger partial charge in [-0.25, -0.2) is 0 Å². The Kier molecular flexibility index (Phi) is 2.47. The first kappa shape index (κ1) is 10.5. The summed E-state index contributed by atoms with van der Waals surface area (Å²) in [5.74, 6) is 0.461. The Bertz CT molecular complexity index is 336. The van der Waals surface area contributed by atoms with E-state index in [0.717, 1.165) is 18.4 Å². The van der Waals surface area contributed by atoms with E-state index in [1.54, 1.807) is 0 Å². The highest BCUT2D eigenvalue weighted by atomic mass is 16.3. The molecule has 2 nitrogen and oxygen atoms in total. The van der Waals surface area contributed by atoms with Gasteiger partial charge in [0.05, 0.1) is 5.60 Å². The first-order chi connectivity index (χ1) is 7.01. The van der Waals surface area contributed by atoms with Crippen LogP contribution in [0.4, 0.5) is 5.69 Å². The normalized spacial score (nSPS) is 19.7. The second kappa shape index (κ2) is 3.53. The van der Waals surface area contributed by atoms with Gasteiger partial charge in [-0.05, 0) is 43.4 Å². The molecule has 0 saturated heterocycles. The predicted molar refractivity (Wildman–Crippen MR) is 63.1 cm³/mol. The lowest BCUT2D eigenvalue weighted by atomic mass is 9.91. The van der Waals surface area contributed by atoms with Gasteiger partial charge in [0.1, 0.15) is 0 Å². The van der Waals surface area contributed by atoms with Crippen molar-refractivity contribution >= 4 is 5.69 Å². The average Bonchev–Trinajstić information content (AvgIpc) is 3.01. The predicted octanol–water partition coefficient (Wildman–Crippen LogP) is 2.37. The van der Waals surface area contributed by atoms with Gasteiger partial charge in [0, 0.05) is 19.8 Å². The molecule has 1 aromatic carbocycles. The van der Waals surface area contributed by atoms with Gasteiger partial charge in [0.2, 0.25) is 0 Å². The smallest absolute Gasteiger partial charge is 0.0896 e. The van der Waals surface area contributed by atoms with Gasteiger partial charge < -0.3 is 10.0 Å². The van der Waals surface area contributed by atoms with Gasteiger partial charge in [-0.15, -0.1) is 0 Å². The van der Waals surface area contributed by atoms with Crippen molar-refractivity contribution in [1.82, 2.24) is 0 Å². The topological polar surface area (TPSA) is 23.5 Å². The van der Waals surface area contributed by atoms with E-state index < -0.39 is 5.60 Å². The van der Waals surface area contributed by atoms with Crippen LogP contribution in [0.1, 0.15) is 25.3 Å². The van der Waals surface area contributed by atoms with E-state index in [2.05, 4.69) is 17.0 Å². The van der Waals surface area contributed by atoms with Gasteiger partial charge in [-0.2, -0.15) is 0 Å². The van der Waals surface area contributed by atoms with E-state index in [1.807, 2.05) is 33.2 Å². The Morgan fingerprint density at radius 1 is 1.20 bits per heavy atom. The highest BCUT2D eigenvalue weighted by Gasteiger charge is 2.40. The third-order valence-electron chi connectivity index (χ3n) is 3.34. The fourth-order valence-corrected chi connectivity index (χ4v) is 1.98. The summed E-state index contributed by atoms with van der Waals surface area (Å²) in [5.41, 5.74) is 1.58. The molecule has 2 rings (SSSR count). The summed E-state index contributed by atoms with van der Waals surface area (Å²) in [6.45, 7) is 1.93. The molecule has 0 bridgehead atoms. The van der Waals surface area contributed by atoms with Crippen LogP contribution in [0, 0.1) is 5.92 Å². The van der Waals surface area contributed by atoms with Gasteiger partial charge in [-0.3, -0.25) is 0 Å². The Labute approximate surface area is 91.5 Å². The molecule has 0 aliphatic heterocycles. The number of hydrogen-bond acceptors (Lipinski definition) is 2. The van der Waals surface area contributed by atoms with E-state index in [9.17, 15) is 5.11 Å². The third kappa shape index (κ3) is 2.00. The van der Waals surface area contributed by atoms with Crippen molar-refractivity contribution in [1.29, 1.82) is 0 Å². The van der Waals surface area contributed by atoms with Crippen LogP contribution < -0.4 is 4.90 Å². The van der Waals surface area contributed by atoms with Crippen molar-refractivity contribution in [2.24, 2.45) is 5.92 Å². The van der Waals surface area contributed by atoms with Crippen molar-refractivity contribution in [3.8, 4) is 0 Å². The van der Waals surface area contributed by atoms with Crippen molar-refractivity contribution in [3.05, 3.63) is 29.8 Å². The Hall–Kier alpha value is -1.02. The minimum Gasteiger partial charge on any atom is -0.385 e. The van der Waals surface area contributed by atoms with Crippen LogP contribution in [0.5, 0.6) is 0 Å². The lowest BCUT2D eigenvalue weighted by Crippen LogP contribution is -2.23. The Balaban J connectivity index is 2.22. The van der Waals surface area contributed by atoms with Gasteiger partial charge in [0.15, 0.2) is 0 Å². The van der Waals surface area contributed by atoms with Gasteiger partial charge in [-0.1, -0.05) is 12.1 Å². The second-order valence-electron chi connectivity index (χ2n) is 4.86. The molecule has 1 saturated carbocycles. The minimum atomic E-state index is -0.634. The third-order valence-corrected chi connectivity index (χ3v) is 3.34. The van der Waals surface area contributed by atoms with E-state index in [0.29, 0.717) is 5.92 Å². The fraction of sp³-hybridized carbons (Fsp3) is 0.538. The van der Waals surface area contributed by atoms with Gasteiger partial charge >= 0.3 is 0 Å². The molecule has 1 fully saturated rings. The first-order valence-electron chi connectivity index (χ1n) is 5.52. The number of rotatable bonds is 3. The van der Waals surface area contributed by atoms with Crippen LogP contribution in [0.25, 0.3) is 0 Å². The maximum atomic E-state index is 10.3. The molecule has 1 N–H and O–H groups in total. The van der Waals surface area contributed by atoms with E-state index >= 15 is 0 Å². The van der Waals surface area contributed by atoms with Crippen molar-refractivity contribution in [3.63, 3.8) is 0 Å². The van der Waals surface area contributed by atoms with Gasteiger partial charge in [0.25, 0.3) is 0 Å². The fourth-order valence-electron chi connectivity index (χ4n) is 1.98. The molecule has 1 unspecified atom stereocenters. The molecule has 1 aliphatic rings. The molecule has 1 aromatic rings. The van der Waals surface area contributed by atoms with Crippen LogP contribution in [0.2, 0.25) is 0 Å². The van der Waals surface area contributed by atoms with Crippen LogP contribution in [0.3, 0.4) is 0 Å². The number of aliphatic hydroxyl groups is 1. The summed E-state index contributed by atoms with van der Waals surface area (Å²) in [6, 6.07) is 8.19. The SMILES string of the molecule is CN(C)c1ccc(C(C)(O)C2CC2)cc1. The lowest BCUT2D eigenvalue weighted by molar-refractivity contribution is 0.0331. The molecule has 1 aliphatic carbocycles. The highest BCUT2D eigenvalue weighted by molar-refractivity contribution is 5.47. The lowest BCUT2D eigenvalue weighted by Gasteiger charge is -2.24. The molecular formula is C13H19NO. The van der Waals surface area contributed by atoms with E-state index in [-0.39, 0.29) is 0 Å². The first-order valence-corrected chi connectivity index (χ1v) is 5.52. The molecular weight excluding hydrogens is 186 g/mol. The van der Waals surface area contributed by atoms with E-state index in [4.69, 9.17) is 0 Å². The molecule has 82 valence electrons. The number of hydrogen-bond donors (Lipinski definition) is 1. The van der Waals surface area contributed by atoms with Crippen LogP contribution in [-0.2, 0) is 5.60 Å². The standard InChI is InChI=1S/C13H19NO/c1-13(15,10-4-5-10)11-6-8-12(9-7-11)14(2)3/h6-10,15H,4-5H2,1-3H3. The number of nitrogens with zero attached hydrogens (tertiary/aromatic N) is 1. The van der Waals surface area contributed by atoms with Crippen molar-refractivity contribution in [2.45, 2.75) is 25.4 Å². The number of benzene rings is 1. The monoisotopic (exact) mass is 205 g/mol. The second-order valence-corrected chi connectivity index (χ2v) is 4.86. The maximum Gasteiger partial charge on any atom is 0.0896 e. The summed E-state index contributed by atoms with van der Waals surface area (Å²) in [5, 5.41) is 10.3. The zero-order valence-electron chi connectivity index (χ0n) is 9.70. The van der Waals surface area contributed by atoms with Crippen molar-refractivity contribution < 1.29 is 5.11 Å². The van der Waals surface area contributed by atoms with E-state index in [1.165, 1.54) is 5.69 Å². The molecule has 1 atom stereocenters. The summed E-state index contributed by atoms with van der Waals surface area (Å²) in [7, 11) is 4.04. The molecule has 0 amide bonds. The highest BCUT2D eigenvalue weighted by Crippen LogP contribution is 2.45. The molecule has 0 heterocycles. The molecule has 0 spiro atoms. The summed E-state index contributed by atoms with van der Waals surface area (Å²) in [4.78, 5) is 2.07. The van der Waals surface area contributed by atoms with Crippen LogP contribution in [-0.4, -0.2) is 19.2 Å². The minimum absolute atomic E-state index is 0.461. The largest absolute Gasteiger partial charge is 0.385 e. The average molecular weight is 205 g/mol.